The number of nitrogens with one attached hydrogen (secondary N) is 1. The number of ketones is 1. The van der Waals surface area contributed by atoms with Gasteiger partial charge in [-0.3, -0.25) is 14.7 Å². The fourth-order valence-electron chi connectivity index (χ4n) is 4.49. The summed E-state index contributed by atoms with van der Waals surface area (Å²) in [4.78, 5) is 19.3. The Balaban J connectivity index is 2.11. The van der Waals surface area contributed by atoms with Gasteiger partial charge in [-0.05, 0) is 29.5 Å². The van der Waals surface area contributed by atoms with Crippen LogP contribution in [0, 0.1) is 11.3 Å². The van der Waals surface area contributed by atoms with Gasteiger partial charge in [0.05, 0.1) is 24.1 Å². The molecule has 0 aromatic carbocycles. The number of hydrogen-bond acceptors (Lipinski definition) is 4. The molecule has 0 aliphatic carbocycles. The maximum absolute atomic E-state index is 12.7. The van der Waals surface area contributed by atoms with Crippen molar-refractivity contribution < 1.29 is 4.79 Å². The second-order valence-corrected chi connectivity index (χ2v) is 7.56. The first kappa shape index (κ1) is 15.5. The lowest BCUT2D eigenvalue weighted by Gasteiger charge is -2.36. The highest BCUT2D eigenvalue weighted by Crippen LogP contribution is 2.55. The average molecular weight is 301 g/mol. The van der Waals surface area contributed by atoms with Crippen molar-refractivity contribution in [1.29, 1.82) is 0 Å². The third-order valence-corrected chi connectivity index (χ3v) is 5.34. The van der Waals surface area contributed by atoms with Gasteiger partial charge >= 0.3 is 0 Å². The van der Waals surface area contributed by atoms with Crippen molar-refractivity contribution in [1.82, 2.24) is 9.88 Å². The van der Waals surface area contributed by atoms with E-state index in [0.29, 0.717) is 24.0 Å². The van der Waals surface area contributed by atoms with Gasteiger partial charge in [0.15, 0.2) is 0 Å². The number of carbonyl (C=O) groups excluding carboxylic acids is 1. The molecule has 1 N–H and O–H groups in total. The second kappa shape index (κ2) is 5.34. The van der Waals surface area contributed by atoms with Gasteiger partial charge in [0.2, 0.25) is 0 Å². The van der Waals surface area contributed by atoms with Gasteiger partial charge in [-0.25, -0.2) is 0 Å². The molecule has 4 nitrogen and oxygen atoms in total. The molecule has 4 heteroatoms. The summed E-state index contributed by atoms with van der Waals surface area (Å²) in [6, 6.07) is 2.14. The van der Waals surface area contributed by atoms with Crippen LogP contribution in [-0.4, -0.2) is 34.4 Å². The van der Waals surface area contributed by atoms with Crippen LogP contribution in [0.25, 0.3) is 0 Å². The molecule has 0 spiro atoms. The fourth-order valence-corrected chi connectivity index (χ4v) is 4.49. The Hall–Kier alpha value is -1.42. The molecule has 0 radical (unpaired) electrons. The SMILES string of the molecule is CCC(=O)C1C(C(C)(C)C)C2c3ccncc3NC2N1CC. The first-order valence-electron chi connectivity index (χ1n) is 8.39. The molecule has 1 fully saturated rings. The number of Topliss-reactive ketones (excluding diaryl/α,β-unsaturated/α-hetero) is 1. The van der Waals surface area contributed by atoms with Crippen molar-refractivity contribution in [3.63, 3.8) is 0 Å². The molecule has 1 aromatic heterocycles. The Kier molecular flexibility index (Phi) is 3.76. The van der Waals surface area contributed by atoms with E-state index in [0.717, 1.165) is 12.2 Å². The van der Waals surface area contributed by atoms with E-state index < -0.39 is 0 Å². The van der Waals surface area contributed by atoms with Crippen LogP contribution in [0.15, 0.2) is 18.5 Å². The normalized spacial score (nSPS) is 30.8. The summed E-state index contributed by atoms with van der Waals surface area (Å²) in [5, 5.41) is 3.62. The Morgan fingerprint density at radius 3 is 2.68 bits per heavy atom. The van der Waals surface area contributed by atoms with Crippen molar-refractivity contribution in [2.75, 3.05) is 11.9 Å². The molecule has 1 saturated heterocycles. The van der Waals surface area contributed by atoms with Crippen molar-refractivity contribution in [2.24, 2.45) is 11.3 Å². The van der Waals surface area contributed by atoms with Crippen LogP contribution in [0.5, 0.6) is 0 Å². The van der Waals surface area contributed by atoms with Crippen molar-refractivity contribution >= 4 is 11.5 Å². The van der Waals surface area contributed by atoms with E-state index >= 15 is 0 Å². The molecule has 3 rings (SSSR count). The van der Waals surface area contributed by atoms with E-state index in [1.807, 2.05) is 19.3 Å². The first-order chi connectivity index (χ1) is 10.4. The number of nitrogens with zero attached hydrogens (tertiary/aromatic N) is 2. The van der Waals surface area contributed by atoms with Crippen LogP contribution < -0.4 is 5.32 Å². The van der Waals surface area contributed by atoms with Crippen molar-refractivity contribution in [2.45, 2.75) is 59.2 Å². The molecule has 4 unspecified atom stereocenters. The van der Waals surface area contributed by atoms with Crippen LogP contribution in [0.3, 0.4) is 0 Å². The second-order valence-electron chi connectivity index (χ2n) is 7.56. The summed E-state index contributed by atoms with van der Waals surface area (Å²) in [6.07, 6.45) is 4.61. The zero-order valence-corrected chi connectivity index (χ0v) is 14.3. The molecule has 2 aliphatic rings. The molecular formula is C18H27N3O. The molecule has 1 aromatic rings. The van der Waals surface area contributed by atoms with Crippen molar-refractivity contribution in [3.05, 3.63) is 24.0 Å². The van der Waals surface area contributed by atoms with E-state index in [1.54, 1.807) is 0 Å². The summed E-state index contributed by atoms with van der Waals surface area (Å²) in [5.41, 5.74) is 2.53. The maximum atomic E-state index is 12.7. The quantitative estimate of drug-likeness (QED) is 0.931. The topological polar surface area (TPSA) is 45.2 Å². The molecule has 120 valence electrons. The lowest BCUT2D eigenvalue weighted by Crippen LogP contribution is -2.46. The van der Waals surface area contributed by atoms with Crippen LogP contribution in [-0.2, 0) is 4.79 Å². The number of likely N-dealkylation sites (tertiary alicyclic amines) is 1. The van der Waals surface area contributed by atoms with Gasteiger partial charge in [-0.2, -0.15) is 0 Å². The zero-order valence-electron chi connectivity index (χ0n) is 14.3. The minimum Gasteiger partial charge on any atom is -0.368 e. The van der Waals surface area contributed by atoms with Gasteiger partial charge in [0.25, 0.3) is 0 Å². The minimum atomic E-state index is 0.0128. The maximum Gasteiger partial charge on any atom is 0.150 e. The van der Waals surface area contributed by atoms with Gasteiger partial charge < -0.3 is 5.32 Å². The average Bonchev–Trinajstić information content (AvgIpc) is 2.99. The molecule has 2 aliphatic heterocycles. The Labute approximate surface area is 133 Å². The van der Waals surface area contributed by atoms with Gasteiger partial charge in [-0.15, -0.1) is 0 Å². The summed E-state index contributed by atoms with van der Waals surface area (Å²) in [5.74, 6) is 1.05. The monoisotopic (exact) mass is 301 g/mol. The summed E-state index contributed by atoms with van der Waals surface area (Å²) in [6.45, 7) is 11.8. The molecule has 0 bridgehead atoms. The smallest absolute Gasteiger partial charge is 0.150 e. The van der Waals surface area contributed by atoms with E-state index in [-0.39, 0.29) is 17.6 Å². The standard InChI is InChI=1S/C18H27N3O/c1-6-13(22)16-15(18(3,4)5)14-11-8-9-19-10-12(11)20-17(14)21(16)7-2/h8-10,14-17,20H,6-7H2,1-5H3. The predicted octanol–water partition coefficient (Wildman–Crippen LogP) is 3.26. The Bertz CT molecular complexity index is 578. The van der Waals surface area contributed by atoms with Crippen LogP contribution in [0.4, 0.5) is 5.69 Å². The summed E-state index contributed by atoms with van der Waals surface area (Å²) >= 11 is 0. The highest BCUT2D eigenvalue weighted by atomic mass is 16.1. The lowest BCUT2D eigenvalue weighted by atomic mass is 9.68. The third kappa shape index (κ3) is 2.16. The number of carbonyl (C=O) groups is 1. The van der Waals surface area contributed by atoms with Crippen LogP contribution in [0.1, 0.15) is 52.5 Å². The highest BCUT2D eigenvalue weighted by molar-refractivity contribution is 5.85. The molecular weight excluding hydrogens is 274 g/mol. The minimum absolute atomic E-state index is 0.0128. The van der Waals surface area contributed by atoms with Gasteiger partial charge in [-0.1, -0.05) is 34.6 Å². The lowest BCUT2D eigenvalue weighted by molar-refractivity contribution is -0.125. The fraction of sp³-hybridized carbons (Fsp3) is 0.667. The van der Waals surface area contributed by atoms with Gasteiger partial charge in [0.1, 0.15) is 5.78 Å². The number of rotatable bonds is 3. The van der Waals surface area contributed by atoms with Crippen LogP contribution in [0.2, 0.25) is 0 Å². The molecule has 0 saturated carbocycles. The zero-order chi connectivity index (χ0) is 16.1. The van der Waals surface area contributed by atoms with Crippen LogP contribution >= 0.6 is 0 Å². The Morgan fingerprint density at radius 2 is 2.09 bits per heavy atom. The van der Waals surface area contributed by atoms with E-state index in [9.17, 15) is 4.79 Å². The third-order valence-electron chi connectivity index (χ3n) is 5.34. The number of hydrogen-bond donors (Lipinski definition) is 1. The van der Waals surface area contributed by atoms with E-state index in [2.05, 4.69) is 49.0 Å². The van der Waals surface area contributed by atoms with E-state index in [1.165, 1.54) is 5.56 Å². The number of aromatic nitrogens is 1. The number of likely N-dealkylation sites (N-methyl/N-ethyl adjacent to an activating group) is 1. The number of pyridine rings is 1. The summed E-state index contributed by atoms with van der Waals surface area (Å²) < 4.78 is 0. The summed E-state index contributed by atoms with van der Waals surface area (Å²) in [7, 11) is 0. The first-order valence-corrected chi connectivity index (χ1v) is 8.39. The molecule has 0 amide bonds. The molecule has 3 heterocycles. The molecule has 22 heavy (non-hydrogen) atoms. The van der Waals surface area contributed by atoms with Crippen molar-refractivity contribution in [3.8, 4) is 0 Å². The number of fused-ring (bicyclic) bond motifs is 3. The predicted molar refractivity (Wildman–Crippen MR) is 88.8 cm³/mol. The molecule has 4 atom stereocenters. The largest absolute Gasteiger partial charge is 0.368 e. The van der Waals surface area contributed by atoms with Gasteiger partial charge in [0, 0.05) is 18.5 Å². The Morgan fingerprint density at radius 1 is 1.36 bits per heavy atom. The highest BCUT2D eigenvalue weighted by Gasteiger charge is 2.57. The number of anilines is 1. The van der Waals surface area contributed by atoms with E-state index in [4.69, 9.17) is 0 Å².